The van der Waals surface area contributed by atoms with Gasteiger partial charge in [0.05, 0.1) is 6.26 Å². The van der Waals surface area contributed by atoms with Crippen LogP contribution in [-0.4, -0.2) is 33.7 Å². The number of rotatable bonds is 7. The fourth-order valence-corrected chi connectivity index (χ4v) is 2.00. The van der Waals surface area contributed by atoms with Gasteiger partial charge >= 0.3 is 0 Å². The van der Waals surface area contributed by atoms with Crippen molar-refractivity contribution in [1.82, 2.24) is 5.32 Å². The van der Waals surface area contributed by atoms with Gasteiger partial charge in [-0.05, 0) is 30.8 Å². The molecule has 3 N–H and O–H groups in total. The lowest BCUT2D eigenvalue weighted by Crippen LogP contribution is -2.21. The lowest BCUT2D eigenvalue weighted by Gasteiger charge is -2.07. The van der Waals surface area contributed by atoms with Crippen LogP contribution in [0.5, 0.6) is 0 Å². The fraction of sp³-hybridized carbons (Fsp3) is 0.417. The van der Waals surface area contributed by atoms with Gasteiger partial charge in [0, 0.05) is 24.3 Å². The largest absolute Gasteiger partial charge is 0.326 e. The zero-order valence-electron chi connectivity index (χ0n) is 11.1. The summed E-state index contributed by atoms with van der Waals surface area (Å²) in [6.07, 6.45) is 1.49. The average molecular weight is 285 g/mol. The van der Waals surface area contributed by atoms with Crippen molar-refractivity contribution in [3.63, 3.8) is 0 Å². The predicted molar refractivity (Wildman–Crippen MR) is 76.7 cm³/mol. The molecule has 0 radical (unpaired) electrons. The van der Waals surface area contributed by atoms with Crippen LogP contribution in [0.3, 0.4) is 0 Å². The first kappa shape index (κ1) is 15.5. The molecular weight excluding hydrogens is 266 g/mol. The molecule has 1 aromatic carbocycles. The second-order valence-electron chi connectivity index (χ2n) is 4.10. The molecule has 0 atom stereocenters. The normalized spacial score (nSPS) is 11.1. The van der Waals surface area contributed by atoms with Gasteiger partial charge in [0.25, 0.3) is 0 Å². The zero-order chi connectivity index (χ0) is 14.3. The molecule has 0 saturated carbocycles. The van der Waals surface area contributed by atoms with Gasteiger partial charge in [-0.25, -0.2) is 8.42 Å². The van der Waals surface area contributed by atoms with Crippen molar-refractivity contribution in [2.24, 2.45) is 0 Å². The number of carbonyl (C=O) groups is 1. The van der Waals surface area contributed by atoms with Crippen LogP contribution < -0.4 is 15.4 Å². The Labute approximate surface area is 113 Å². The first-order chi connectivity index (χ1) is 8.90. The minimum absolute atomic E-state index is 0.0789. The molecule has 0 heterocycles. The van der Waals surface area contributed by atoms with Gasteiger partial charge in [0.1, 0.15) is 0 Å². The fourth-order valence-electron chi connectivity index (χ4n) is 1.44. The van der Waals surface area contributed by atoms with E-state index in [4.69, 9.17) is 0 Å². The predicted octanol–water partition coefficient (Wildman–Crippen LogP) is 0.996. The molecule has 1 rings (SSSR count). The van der Waals surface area contributed by atoms with E-state index in [1.54, 1.807) is 24.3 Å². The van der Waals surface area contributed by atoms with E-state index >= 15 is 0 Å². The minimum Gasteiger partial charge on any atom is -0.326 e. The van der Waals surface area contributed by atoms with Crippen LogP contribution in [0, 0.1) is 0 Å². The number of nitrogens with one attached hydrogen (secondary N) is 3. The van der Waals surface area contributed by atoms with Crippen molar-refractivity contribution in [3.8, 4) is 0 Å². The summed E-state index contributed by atoms with van der Waals surface area (Å²) in [5.41, 5.74) is 1.11. The number of hydrogen-bond acceptors (Lipinski definition) is 4. The van der Waals surface area contributed by atoms with Gasteiger partial charge in [0.15, 0.2) is 0 Å². The molecule has 0 unspecified atom stereocenters. The number of anilines is 2. The van der Waals surface area contributed by atoms with Gasteiger partial charge in [-0.15, -0.1) is 0 Å². The van der Waals surface area contributed by atoms with Crippen LogP contribution in [0.2, 0.25) is 0 Å². The molecule has 19 heavy (non-hydrogen) atoms. The van der Waals surface area contributed by atoms with E-state index in [1.807, 2.05) is 6.92 Å². The molecule has 6 nitrogen and oxygen atoms in total. The molecule has 0 spiro atoms. The van der Waals surface area contributed by atoms with Gasteiger partial charge in [-0.2, -0.15) is 0 Å². The van der Waals surface area contributed by atoms with E-state index in [9.17, 15) is 13.2 Å². The highest BCUT2D eigenvalue weighted by Gasteiger charge is 2.04. The molecule has 0 aliphatic rings. The highest BCUT2D eigenvalue weighted by molar-refractivity contribution is 7.92. The Hall–Kier alpha value is -1.60. The standard InChI is InChI=1S/C12H19N3O3S/c1-3-13-9-8-12(16)14-10-4-6-11(7-5-10)15-19(2,17)18/h4-7,13,15H,3,8-9H2,1-2H3,(H,14,16). The van der Waals surface area contributed by atoms with Crippen LogP contribution in [-0.2, 0) is 14.8 Å². The van der Waals surface area contributed by atoms with E-state index in [1.165, 1.54) is 0 Å². The molecule has 0 fully saturated rings. The maximum absolute atomic E-state index is 11.5. The van der Waals surface area contributed by atoms with E-state index in [0.717, 1.165) is 12.8 Å². The van der Waals surface area contributed by atoms with Crippen molar-refractivity contribution < 1.29 is 13.2 Å². The second-order valence-corrected chi connectivity index (χ2v) is 5.85. The van der Waals surface area contributed by atoms with Gasteiger partial charge in [-0.1, -0.05) is 6.92 Å². The van der Waals surface area contributed by atoms with Gasteiger partial charge in [0.2, 0.25) is 15.9 Å². The number of benzene rings is 1. The number of sulfonamides is 1. The summed E-state index contributed by atoms with van der Waals surface area (Å²) in [5.74, 6) is -0.0789. The van der Waals surface area contributed by atoms with Gasteiger partial charge < -0.3 is 10.6 Å². The average Bonchev–Trinajstić information content (AvgIpc) is 2.30. The quantitative estimate of drug-likeness (QED) is 0.652. The molecule has 0 aliphatic heterocycles. The van der Waals surface area contributed by atoms with Crippen LogP contribution >= 0.6 is 0 Å². The Bertz CT molecular complexity index is 512. The smallest absolute Gasteiger partial charge is 0.229 e. The molecule has 106 valence electrons. The summed E-state index contributed by atoms with van der Waals surface area (Å²) < 4.78 is 24.4. The van der Waals surface area contributed by atoms with E-state index in [0.29, 0.717) is 24.3 Å². The topological polar surface area (TPSA) is 87.3 Å². The van der Waals surface area contributed by atoms with Crippen LogP contribution in [0.25, 0.3) is 0 Å². The van der Waals surface area contributed by atoms with Crippen molar-refractivity contribution in [2.75, 3.05) is 29.4 Å². The molecule has 0 bridgehead atoms. The third-order valence-electron chi connectivity index (χ3n) is 2.25. The molecular formula is C12H19N3O3S. The monoisotopic (exact) mass is 285 g/mol. The molecule has 7 heteroatoms. The van der Waals surface area contributed by atoms with Crippen molar-refractivity contribution in [1.29, 1.82) is 0 Å². The highest BCUT2D eigenvalue weighted by Crippen LogP contribution is 2.14. The molecule has 0 saturated heterocycles. The van der Waals surface area contributed by atoms with Crippen molar-refractivity contribution in [2.45, 2.75) is 13.3 Å². The summed E-state index contributed by atoms with van der Waals surface area (Å²) in [7, 11) is -3.27. The summed E-state index contributed by atoms with van der Waals surface area (Å²) in [4.78, 5) is 11.5. The third-order valence-corrected chi connectivity index (χ3v) is 2.86. The summed E-state index contributed by atoms with van der Waals surface area (Å²) in [5, 5.41) is 5.80. The highest BCUT2D eigenvalue weighted by atomic mass is 32.2. The summed E-state index contributed by atoms with van der Waals surface area (Å²) in [6, 6.07) is 6.50. The second kappa shape index (κ2) is 7.10. The van der Waals surface area contributed by atoms with Crippen molar-refractivity contribution in [3.05, 3.63) is 24.3 Å². The van der Waals surface area contributed by atoms with E-state index in [-0.39, 0.29) is 5.91 Å². The van der Waals surface area contributed by atoms with Crippen LogP contribution in [0.15, 0.2) is 24.3 Å². The first-order valence-corrected chi connectivity index (χ1v) is 7.88. The lowest BCUT2D eigenvalue weighted by atomic mass is 10.3. The third kappa shape index (κ3) is 6.78. The van der Waals surface area contributed by atoms with E-state index in [2.05, 4.69) is 15.4 Å². The first-order valence-electron chi connectivity index (χ1n) is 5.99. The molecule has 0 aliphatic carbocycles. The van der Waals surface area contributed by atoms with Crippen molar-refractivity contribution >= 4 is 27.3 Å². The minimum atomic E-state index is -3.27. The van der Waals surface area contributed by atoms with Gasteiger partial charge in [-0.3, -0.25) is 9.52 Å². The molecule has 1 amide bonds. The van der Waals surface area contributed by atoms with E-state index < -0.39 is 10.0 Å². The Morgan fingerprint density at radius 2 is 1.74 bits per heavy atom. The zero-order valence-corrected chi connectivity index (χ0v) is 11.9. The number of hydrogen-bond donors (Lipinski definition) is 3. The SMILES string of the molecule is CCNCCC(=O)Nc1ccc(NS(C)(=O)=O)cc1. The molecule has 1 aromatic rings. The molecule has 0 aromatic heterocycles. The van der Waals surface area contributed by atoms with Crippen LogP contribution in [0.4, 0.5) is 11.4 Å². The Morgan fingerprint density at radius 3 is 2.26 bits per heavy atom. The Kier molecular flexibility index (Phi) is 5.78. The van der Waals surface area contributed by atoms with Crippen LogP contribution in [0.1, 0.15) is 13.3 Å². The lowest BCUT2D eigenvalue weighted by molar-refractivity contribution is -0.116. The maximum atomic E-state index is 11.5. The number of amides is 1. The number of carbonyl (C=O) groups excluding carboxylic acids is 1. The Balaban J connectivity index is 2.50. The Morgan fingerprint density at radius 1 is 1.16 bits per heavy atom. The summed E-state index contributed by atoms with van der Waals surface area (Å²) >= 11 is 0. The maximum Gasteiger partial charge on any atom is 0.229 e. The summed E-state index contributed by atoms with van der Waals surface area (Å²) in [6.45, 7) is 3.45.